The van der Waals surface area contributed by atoms with Gasteiger partial charge in [0.05, 0.1) is 32.1 Å². The number of ether oxygens (including phenoxy) is 4. The monoisotopic (exact) mass is 588 g/mol. The number of carbonyl (C=O) groups excluding carboxylic acids is 2. The summed E-state index contributed by atoms with van der Waals surface area (Å²) in [5.74, 6) is 2.28. The lowest BCUT2D eigenvalue weighted by molar-refractivity contribution is -0.126. The number of hydrogen-bond acceptors (Lipinski definition) is 8. The molecule has 224 valence electrons. The Hall–Kier alpha value is -3.47. The van der Waals surface area contributed by atoms with Gasteiger partial charge in [-0.15, -0.1) is 0 Å². The van der Waals surface area contributed by atoms with Gasteiger partial charge in [0.25, 0.3) is 11.8 Å². The Kier molecular flexibility index (Phi) is 10.0. The largest absolute Gasteiger partial charge is 0.495 e. The summed E-state index contributed by atoms with van der Waals surface area (Å²) < 4.78 is 49.1. The normalized spacial score (nSPS) is 16.2. The van der Waals surface area contributed by atoms with Crippen LogP contribution < -0.4 is 29.0 Å². The molecule has 11 heteroatoms. The molecule has 2 aromatic rings. The third-order valence-electron chi connectivity index (χ3n) is 7.20. The van der Waals surface area contributed by atoms with Crippen LogP contribution in [0.2, 0.25) is 0 Å². The predicted molar refractivity (Wildman–Crippen MR) is 155 cm³/mol. The Labute approximate surface area is 242 Å². The summed E-state index contributed by atoms with van der Waals surface area (Å²) >= 11 is 0. The van der Waals surface area contributed by atoms with Crippen molar-refractivity contribution in [2.45, 2.75) is 64.4 Å². The van der Waals surface area contributed by atoms with Crippen LogP contribution in [0.5, 0.6) is 23.0 Å². The molecule has 4 rings (SSSR count). The van der Waals surface area contributed by atoms with E-state index in [1.54, 1.807) is 20.2 Å². The van der Waals surface area contributed by atoms with E-state index in [4.69, 9.17) is 18.9 Å². The molecule has 0 bridgehead atoms. The first-order valence-electron chi connectivity index (χ1n) is 14.2. The third-order valence-corrected chi connectivity index (χ3v) is 7.77. The third kappa shape index (κ3) is 7.84. The van der Waals surface area contributed by atoms with E-state index in [-0.39, 0.29) is 5.91 Å². The van der Waals surface area contributed by atoms with E-state index in [9.17, 15) is 18.0 Å². The standard InChI is InChI=1S/C30H40N2O8S/c1-5-7-21-24(13-10-20-11-14-26(40-27(20)21)30(34)32-41(4,35)36)38-16-6-17-39-25-15-12-22(29(33)31-2)28(37-3)23(25)18-19-8-9-19/h10,12-13,15,19,26H,5-9,11,14,16-18H2,1-4H3,(H,31,33)(H,32,34). The Morgan fingerprint density at radius 3 is 2.32 bits per heavy atom. The van der Waals surface area contributed by atoms with Crippen molar-refractivity contribution in [3.8, 4) is 23.0 Å². The molecule has 0 aromatic heterocycles. The van der Waals surface area contributed by atoms with Crippen molar-refractivity contribution in [2.24, 2.45) is 5.92 Å². The summed E-state index contributed by atoms with van der Waals surface area (Å²) in [6, 6.07) is 7.44. The van der Waals surface area contributed by atoms with E-state index < -0.39 is 22.0 Å². The van der Waals surface area contributed by atoms with Crippen LogP contribution in [0.3, 0.4) is 0 Å². The molecule has 0 spiro atoms. The Balaban J connectivity index is 1.41. The summed E-state index contributed by atoms with van der Waals surface area (Å²) in [6.07, 6.45) is 6.35. The van der Waals surface area contributed by atoms with Crippen molar-refractivity contribution in [3.63, 3.8) is 0 Å². The SMILES string of the molecule is CCCc1c(OCCCOc2ccc(C(=O)NC)c(OC)c2CC2CC2)ccc2c1OC(C(=O)NS(C)(=O)=O)CC2. The molecule has 2 N–H and O–H groups in total. The van der Waals surface area contributed by atoms with E-state index in [2.05, 4.69) is 12.2 Å². The summed E-state index contributed by atoms with van der Waals surface area (Å²) in [5, 5.41) is 2.67. The second-order valence-electron chi connectivity index (χ2n) is 10.6. The maximum Gasteiger partial charge on any atom is 0.274 e. The van der Waals surface area contributed by atoms with Gasteiger partial charge in [-0.3, -0.25) is 14.3 Å². The first-order valence-corrected chi connectivity index (χ1v) is 16.0. The van der Waals surface area contributed by atoms with Gasteiger partial charge in [-0.1, -0.05) is 19.4 Å². The second-order valence-corrected chi connectivity index (χ2v) is 12.3. The maximum absolute atomic E-state index is 12.4. The number of benzene rings is 2. The maximum atomic E-state index is 12.4. The van der Waals surface area contributed by atoms with Crippen LogP contribution in [0.4, 0.5) is 0 Å². The summed E-state index contributed by atoms with van der Waals surface area (Å²) in [4.78, 5) is 24.8. The molecule has 1 unspecified atom stereocenters. The Morgan fingerprint density at radius 2 is 1.71 bits per heavy atom. The topological polar surface area (TPSA) is 129 Å². The highest BCUT2D eigenvalue weighted by atomic mass is 32.2. The van der Waals surface area contributed by atoms with E-state index in [1.165, 1.54) is 0 Å². The minimum absolute atomic E-state index is 0.196. The van der Waals surface area contributed by atoms with Crippen LogP contribution in [-0.4, -0.2) is 60.0 Å². The van der Waals surface area contributed by atoms with Gasteiger partial charge in [0.2, 0.25) is 10.0 Å². The average molecular weight is 589 g/mol. The highest BCUT2D eigenvalue weighted by Gasteiger charge is 2.31. The summed E-state index contributed by atoms with van der Waals surface area (Å²) in [5.41, 5.74) is 3.27. The molecule has 2 aliphatic rings. The number of aryl methyl sites for hydroxylation is 1. The fraction of sp³-hybridized carbons (Fsp3) is 0.533. The van der Waals surface area contributed by atoms with Crippen molar-refractivity contribution < 1.29 is 37.0 Å². The molecular weight excluding hydrogens is 548 g/mol. The number of fused-ring (bicyclic) bond motifs is 1. The van der Waals surface area contributed by atoms with E-state index in [1.807, 2.05) is 22.9 Å². The summed E-state index contributed by atoms with van der Waals surface area (Å²) in [7, 11) is -0.500. The van der Waals surface area contributed by atoms with Crippen LogP contribution >= 0.6 is 0 Å². The molecule has 1 aliphatic carbocycles. The highest BCUT2D eigenvalue weighted by Crippen LogP contribution is 2.41. The number of amides is 2. The minimum atomic E-state index is -3.67. The van der Waals surface area contributed by atoms with E-state index >= 15 is 0 Å². The molecule has 1 heterocycles. The van der Waals surface area contributed by atoms with Crippen molar-refractivity contribution in [1.82, 2.24) is 10.0 Å². The van der Waals surface area contributed by atoms with Gasteiger partial charge in [0, 0.05) is 24.6 Å². The molecule has 2 aromatic carbocycles. The Bertz CT molecular complexity index is 1370. The van der Waals surface area contributed by atoms with Gasteiger partial charge in [-0.2, -0.15) is 0 Å². The van der Waals surface area contributed by atoms with Crippen molar-refractivity contribution >= 4 is 21.8 Å². The van der Waals surface area contributed by atoms with Gasteiger partial charge in [0.15, 0.2) is 6.10 Å². The number of hydrogen-bond donors (Lipinski definition) is 2. The molecule has 1 aliphatic heterocycles. The van der Waals surface area contributed by atoms with Crippen molar-refractivity contribution in [2.75, 3.05) is 33.6 Å². The quantitative estimate of drug-likeness (QED) is 0.321. The zero-order chi connectivity index (χ0) is 29.6. The van der Waals surface area contributed by atoms with Crippen LogP contribution in [-0.2, 0) is 34.1 Å². The number of rotatable bonds is 14. The summed E-state index contributed by atoms with van der Waals surface area (Å²) in [6.45, 7) is 2.87. The number of carbonyl (C=O) groups is 2. The molecule has 0 saturated heterocycles. The predicted octanol–water partition coefficient (Wildman–Crippen LogP) is 3.58. The number of nitrogens with one attached hydrogen (secondary N) is 2. The fourth-order valence-electron chi connectivity index (χ4n) is 5.06. The molecule has 0 radical (unpaired) electrons. The lowest BCUT2D eigenvalue weighted by Gasteiger charge is -2.28. The average Bonchev–Trinajstić information content (AvgIpc) is 3.76. The molecule has 41 heavy (non-hydrogen) atoms. The van der Waals surface area contributed by atoms with E-state index in [0.717, 1.165) is 48.6 Å². The van der Waals surface area contributed by atoms with Gasteiger partial charge < -0.3 is 24.3 Å². The minimum Gasteiger partial charge on any atom is -0.495 e. The first-order chi connectivity index (χ1) is 19.6. The number of sulfonamides is 1. The van der Waals surface area contributed by atoms with Crippen LogP contribution in [0.1, 0.15) is 66.1 Å². The zero-order valence-electron chi connectivity index (χ0n) is 24.2. The highest BCUT2D eigenvalue weighted by molar-refractivity contribution is 7.89. The molecule has 2 amide bonds. The van der Waals surface area contributed by atoms with Gasteiger partial charge in [-0.05, 0) is 68.2 Å². The zero-order valence-corrected chi connectivity index (χ0v) is 25.0. The lowest BCUT2D eigenvalue weighted by atomic mass is 9.96. The van der Waals surface area contributed by atoms with E-state index in [0.29, 0.717) is 73.4 Å². The molecular formula is C30H40N2O8S. The molecule has 1 fully saturated rings. The molecule has 1 atom stereocenters. The van der Waals surface area contributed by atoms with Crippen molar-refractivity contribution in [1.29, 1.82) is 0 Å². The van der Waals surface area contributed by atoms with Gasteiger partial charge >= 0.3 is 0 Å². The first kappa shape index (κ1) is 30.5. The van der Waals surface area contributed by atoms with Crippen molar-refractivity contribution in [3.05, 3.63) is 46.5 Å². The van der Waals surface area contributed by atoms with Gasteiger partial charge in [-0.25, -0.2) is 8.42 Å². The second kappa shape index (κ2) is 13.5. The molecule has 1 saturated carbocycles. The van der Waals surface area contributed by atoms with Gasteiger partial charge in [0.1, 0.15) is 23.0 Å². The van der Waals surface area contributed by atoms with Crippen LogP contribution in [0, 0.1) is 5.92 Å². The fourth-order valence-corrected chi connectivity index (χ4v) is 5.56. The van der Waals surface area contributed by atoms with Crippen LogP contribution in [0.25, 0.3) is 0 Å². The van der Waals surface area contributed by atoms with Crippen LogP contribution in [0.15, 0.2) is 24.3 Å². The Morgan fingerprint density at radius 1 is 1.02 bits per heavy atom. The molecule has 10 nitrogen and oxygen atoms in total. The number of methoxy groups -OCH3 is 1. The smallest absolute Gasteiger partial charge is 0.274 e. The lowest BCUT2D eigenvalue weighted by Crippen LogP contribution is -2.42.